The molecule has 24 heavy (non-hydrogen) atoms. The smallest absolute Gasteiger partial charge is 0.269 e. The van der Waals surface area contributed by atoms with E-state index in [4.69, 9.17) is 0 Å². The Hall–Kier alpha value is -2.95. The molecule has 1 amide bonds. The van der Waals surface area contributed by atoms with Crippen molar-refractivity contribution in [2.75, 3.05) is 7.05 Å². The molecule has 0 radical (unpaired) electrons. The third kappa shape index (κ3) is 4.29. The van der Waals surface area contributed by atoms with Crippen LogP contribution in [-0.2, 0) is 4.79 Å². The number of benzene rings is 2. The summed E-state index contributed by atoms with van der Waals surface area (Å²) in [5.74, 6) is -0.158. The number of carbonyl (C=O) groups is 1. The number of hydrogen-bond donors (Lipinski definition) is 0. The highest BCUT2D eigenvalue weighted by molar-refractivity contribution is 5.91. The van der Waals surface area contributed by atoms with E-state index >= 15 is 0 Å². The van der Waals surface area contributed by atoms with Gasteiger partial charge in [-0.3, -0.25) is 14.9 Å². The molecule has 2 rings (SSSR count). The molecular formula is C19H20N2O3. The van der Waals surface area contributed by atoms with E-state index in [-0.39, 0.29) is 17.6 Å². The van der Waals surface area contributed by atoms with Gasteiger partial charge in [-0.05, 0) is 31.1 Å². The summed E-state index contributed by atoms with van der Waals surface area (Å²) in [4.78, 5) is 24.3. The van der Waals surface area contributed by atoms with Gasteiger partial charge in [-0.2, -0.15) is 0 Å². The van der Waals surface area contributed by atoms with Crippen LogP contribution in [0.3, 0.4) is 0 Å². The number of likely N-dealkylation sites (N-methyl/N-ethyl adjacent to an activating group) is 1. The Kier molecular flexibility index (Phi) is 5.47. The predicted molar refractivity (Wildman–Crippen MR) is 94.5 cm³/mol. The molecule has 0 fully saturated rings. The molecule has 0 aliphatic heterocycles. The van der Waals surface area contributed by atoms with Crippen LogP contribution in [0.1, 0.15) is 29.7 Å². The molecule has 0 heterocycles. The lowest BCUT2D eigenvalue weighted by Crippen LogP contribution is -2.28. The van der Waals surface area contributed by atoms with Gasteiger partial charge >= 0.3 is 0 Å². The topological polar surface area (TPSA) is 63.5 Å². The average Bonchev–Trinajstić information content (AvgIpc) is 2.59. The number of nitro benzene ring substituents is 1. The van der Waals surface area contributed by atoms with E-state index in [9.17, 15) is 14.9 Å². The Balaban J connectivity index is 2.10. The minimum atomic E-state index is -0.435. The van der Waals surface area contributed by atoms with Crippen LogP contribution < -0.4 is 0 Å². The Labute approximate surface area is 141 Å². The van der Waals surface area contributed by atoms with Crippen LogP contribution in [0.4, 0.5) is 5.69 Å². The number of amides is 1. The molecule has 0 bridgehead atoms. The second kappa shape index (κ2) is 7.55. The van der Waals surface area contributed by atoms with E-state index in [0.717, 1.165) is 16.7 Å². The fourth-order valence-electron chi connectivity index (χ4n) is 2.28. The number of nitrogens with zero attached hydrogens (tertiary/aromatic N) is 2. The van der Waals surface area contributed by atoms with Gasteiger partial charge in [-0.25, -0.2) is 0 Å². The standard InChI is InChI=1S/C19H20N2O3/c1-14-7-9-16(10-8-14)11-12-19(22)20(3)15(2)17-5-4-6-18(13-17)21(23)24/h4-13,15H,1-3H3/b12-11+/t15-/m1/s1. The monoisotopic (exact) mass is 324 g/mol. The lowest BCUT2D eigenvalue weighted by Gasteiger charge is -2.24. The normalized spacial score (nSPS) is 12.1. The maximum Gasteiger partial charge on any atom is 0.269 e. The summed E-state index contributed by atoms with van der Waals surface area (Å²) in [5.41, 5.74) is 2.86. The Morgan fingerprint density at radius 3 is 2.50 bits per heavy atom. The summed E-state index contributed by atoms with van der Waals surface area (Å²) >= 11 is 0. The van der Waals surface area contributed by atoms with Gasteiger partial charge in [0.05, 0.1) is 11.0 Å². The largest absolute Gasteiger partial charge is 0.335 e. The van der Waals surface area contributed by atoms with Crippen LogP contribution >= 0.6 is 0 Å². The minimum Gasteiger partial charge on any atom is -0.335 e. The van der Waals surface area contributed by atoms with Crippen molar-refractivity contribution in [1.82, 2.24) is 4.90 Å². The van der Waals surface area contributed by atoms with Gasteiger partial charge in [0.2, 0.25) is 5.91 Å². The van der Waals surface area contributed by atoms with Crippen molar-refractivity contribution in [3.05, 3.63) is 81.4 Å². The minimum absolute atomic E-state index is 0.0235. The van der Waals surface area contributed by atoms with Crippen LogP contribution in [0.5, 0.6) is 0 Å². The van der Waals surface area contributed by atoms with E-state index in [1.807, 2.05) is 38.1 Å². The van der Waals surface area contributed by atoms with Crippen molar-refractivity contribution in [3.63, 3.8) is 0 Å². The third-order valence-electron chi connectivity index (χ3n) is 3.99. The second-order valence-corrected chi connectivity index (χ2v) is 5.72. The third-order valence-corrected chi connectivity index (χ3v) is 3.99. The maximum atomic E-state index is 12.3. The highest BCUT2D eigenvalue weighted by atomic mass is 16.6. The van der Waals surface area contributed by atoms with Crippen molar-refractivity contribution in [2.24, 2.45) is 0 Å². The molecule has 0 aliphatic rings. The van der Waals surface area contributed by atoms with Gasteiger partial charge in [-0.15, -0.1) is 0 Å². The molecule has 2 aromatic rings. The number of aryl methyl sites for hydroxylation is 1. The zero-order chi connectivity index (χ0) is 17.7. The fourth-order valence-corrected chi connectivity index (χ4v) is 2.28. The first-order valence-corrected chi connectivity index (χ1v) is 7.64. The molecule has 2 aromatic carbocycles. The van der Waals surface area contributed by atoms with Gasteiger partial charge in [-0.1, -0.05) is 42.0 Å². The summed E-state index contributed by atoms with van der Waals surface area (Å²) in [7, 11) is 1.69. The van der Waals surface area contributed by atoms with Crippen molar-refractivity contribution < 1.29 is 9.72 Å². The molecule has 124 valence electrons. The van der Waals surface area contributed by atoms with Crippen molar-refractivity contribution in [3.8, 4) is 0 Å². The van der Waals surface area contributed by atoms with Crippen LogP contribution in [0.15, 0.2) is 54.6 Å². The van der Waals surface area contributed by atoms with Gasteiger partial charge in [0.1, 0.15) is 0 Å². The average molecular weight is 324 g/mol. The Bertz CT molecular complexity index is 766. The van der Waals surface area contributed by atoms with Crippen LogP contribution in [-0.4, -0.2) is 22.8 Å². The van der Waals surface area contributed by atoms with E-state index in [1.54, 1.807) is 30.2 Å². The second-order valence-electron chi connectivity index (χ2n) is 5.72. The quantitative estimate of drug-likeness (QED) is 0.472. The number of hydrogen-bond acceptors (Lipinski definition) is 3. The van der Waals surface area contributed by atoms with E-state index in [0.29, 0.717) is 0 Å². The lowest BCUT2D eigenvalue weighted by molar-refractivity contribution is -0.384. The first kappa shape index (κ1) is 17.4. The van der Waals surface area contributed by atoms with Gasteiger partial charge in [0, 0.05) is 25.3 Å². The Morgan fingerprint density at radius 1 is 1.21 bits per heavy atom. The van der Waals surface area contributed by atoms with Gasteiger partial charge in [0.15, 0.2) is 0 Å². The highest BCUT2D eigenvalue weighted by Gasteiger charge is 2.17. The van der Waals surface area contributed by atoms with Crippen LogP contribution in [0, 0.1) is 17.0 Å². The van der Waals surface area contributed by atoms with Crippen molar-refractivity contribution >= 4 is 17.7 Å². The van der Waals surface area contributed by atoms with E-state index < -0.39 is 4.92 Å². The predicted octanol–water partition coefficient (Wildman–Crippen LogP) is 4.14. The first-order valence-electron chi connectivity index (χ1n) is 7.64. The molecule has 5 heteroatoms. The van der Waals surface area contributed by atoms with Crippen LogP contribution in [0.25, 0.3) is 6.08 Å². The van der Waals surface area contributed by atoms with E-state index in [1.165, 1.54) is 18.2 Å². The number of carbonyl (C=O) groups excluding carboxylic acids is 1. The molecule has 1 atom stereocenters. The van der Waals surface area contributed by atoms with Crippen molar-refractivity contribution in [2.45, 2.75) is 19.9 Å². The fraction of sp³-hybridized carbons (Fsp3) is 0.211. The summed E-state index contributed by atoms with van der Waals surface area (Å²) < 4.78 is 0. The molecule has 0 saturated carbocycles. The van der Waals surface area contributed by atoms with Gasteiger partial charge < -0.3 is 4.90 Å². The molecule has 0 aliphatic carbocycles. The zero-order valence-electron chi connectivity index (χ0n) is 14.0. The summed E-state index contributed by atoms with van der Waals surface area (Å²) in [5, 5.41) is 10.9. The molecule has 0 saturated heterocycles. The summed E-state index contributed by atoms with van der Waals surface area (Å²) in [6, 6.07) is 14.0. The molecule has 0 aromatic heterocycles. The zero-order valence-corrected chi connectivity index (χ0v) is 14.0. The SMILES string of the molecule is Cc1ccc(/C=C/C(=O)N(C)[C@H](C)c2cccc([N+](=O)[O-])c2)cc1. The summed E-state index contributed by atoms with van der Waals surface area (Å²) in [6.07, 6.45) is 3.27. The van der Waals surface area contributed by atoms with Gasteiger partial charge in [0.25, 0.3) is 5.69 Å². The van der Waals surface area contributed by atoms with E-state index in [2.05, 4.69) is 0 Å². The van der Waals surface area contributed by atoms with Crippen molar-refractivity contribution in [1.29, 1.82) is 0 Å². The van der Waals surface area contributed by atoms with Crippen LogP contribution in [0.2, 0.25) is 0 Å². The summed E-state index contributed by atoms with van der Waals surface area (Å²) in [6.45, 7) is 3.85. The maximum absolute atomic E-state index is 12.3. The molecule has 5 nitrogen and oxygen atoms in total. The molecular weight excluding hydrogens is 304 g/mol. The first-order chi connectivity index (χ1) is 11.4. The Morgan fingerprint density at radius 2 is 1.88 bits per heavy atom. The number of non-ortho nitro benzene ring substituents is 1. The molecule has 0 spiro atoms. The molecule has 0 unspecified atom stereocenters. The molecule has 0 N–H and O–H groups in total. The number of rotatable bonds is 5. The number of nitro groups is 1. The highest BCUT2D eigenvalue weighted by Crippen LogP contribution is 2.23. The lowest BCUT2D eigenvalue weighted by atomic mass is 10.1.